The van der Waals surface area contributed by atoms with Crippen LogP contribution >= 0.6 is 46.4 Å². The highest BCUT2D eigenvalue weighted by atomic mass is 35.5. The molecule has 0 radical (unpaired) electrons. The average molecular weight is 1040 g/mol. The number of carboxylic acids is 1. The Balaban J connectivity index is 0.000000209. The van der Waals surface area contributed by atoms with Gasteiger partial charge in [0.1, 0.15) is 35.8 Å². The molecule has 3 N–H and O–H groups in total. The van der Waals surface area contributed by atoms with Crippen LogP contribution in [0, 0.1) is 0 Å². The van der Waals surface area contributed by atoms with Crippen LogP contribution in [0.15, 0.2) is 146 Å². The number of hydrogen-bond donors (Lipinski definition) is 3. The van der Waals surface area contributed by atoms with Crippen molar-refractivity contribution >= 4 is 81.5 Å². The van der Waals surface area contributed by atoms with E-state index in [-0.39, 0.29) is 56.3 Å². The summed E-state index contributed by atoms with van der Waals surface area (Å²) >= 11 is 24.4. The van der Waals surface area contributed by atoms with E-state index in [1.54, 1.807) is 24.3 Å². The second-order valence-electron chi connectivity index (χ2n) is 17.1. The van der Waals surface area contributed by atoms with E-state index < -0.39 is 35.8 Å². The van der Waals surface area contributed by atoms with Crippen molar-refractivity contribution in [1.29, 1.82) is 0 Å². The van der Waals surface area contributed by atoms with Crippen LogP contribution in [0.5, 0.6) is 11.5 Å². The fourth-order valence-corrected chi connectivity index (χ4v) is 9.57. The number of halogens is 4. The number of carbonyl (C=O) groups excluding carboxylic acids is 3. The van der Waals surface area contributed by atoms with Crippen LogP contribution < -0.4 is 29.9 Å². The zero-order chi connectivity index (χ0) is 50.3. The van der Waals surface area contributed by atoms with Crippen molar-refractivity contribution in [2.45, 2.75) is 62.8 Å². The molecule has 2 amide bonds. The molecule has 0 unspecified atom stereocenters. The minimum absolute atomic E-state index is 0.0594. The Bertz CT molecular complexity index is 2680. The third kappa shape index (κ3) is 14.8. The highest BCUT2D eigenvalue weighted by Crippen LogP contribution is 2.28. The number of nitrogens with one attached hydrogen (secondary N) is 2. The van der Waals surface area contributed by atoms with Gasteiger partial charge in [0.15, 0.2) is 0 Å². The van der Waals surface area contributed by atoms with Gasteiger partial charge < -0.3 is 39.8 Å². The van der Waals surface area contributed by atoms with E-state index in [2.05, 4.69) is 56.8 Å². The van der Waals surface area contributed by atoms with Gasteiger partial charge in [0.25, 0.3) is 11.8 Å². The van der Waals surface area contributed by atoms with Gasteiger partial charge >= 0.3 is 11.9 Å². The van der Waals surface area contributed by atoms with Gasteiger partial charge in [0, 0.05) is 76.1 Å². The SMILES string of the molecule is COC(=O)[C@H](Cc1ccc(OC2CCN(c3ccccc3)CC2)cc1)NC(=O)c1c(Cl)cccc1Cl.O=C(N[C@@H](Cc1ccc(OC2CCN(c3ccccc3)CC2)cc1)C(=O)O)c1c(Cl)cccc1Cl. The number of ether oxygens (including phenoxy) is 3. The normalized spacial score (nSPS) is 14.8. The third-order valence-corrected chi connectivity index (χ3v) is 13.5. The number of hydrogen-bond acceptors (Lipinski definition) is 9. The Morgan fingerprint density at radius 3 is 1.23 bits per heavy atom. The van der Waals surface area contributed by atoms with E-state index in [1.165, 1.54) is 30.6 Å². The highest BCUT2D eigenvalue weighted by Gasteiger charge is 2.27. The molecule has 0 aliphatic carbocycles. The van der Waals surface area contributed by atoms with Crippen molar-refractivity contribution in [2.75, 3.05) is 43.1 Å². The molecule has 6 aromatic rings. The van der Waals surface area contributed by atoms with Crippen LogP contribution in [0.25, 0.3) is 0 Å². The Hall–Kier alpha value is -6.44. The number of carbonyl (C=O) groups is 4. The molecular formula is C55H54Cl4N4O8. The lowest BCUT2D eigenvalue weighted by Gasteiger charge is -2.33. The molecule has 370 valence electrons. The number of amides is 2. The maximum atomic E-state index is 12.8. The van der Waals surface area contributed by atoms with E-state index >= 15 is 0 Å². The number of rotatable bonds is 16. The molecule has 12 nitrogen and oxygen atoms in total. The molecule has 71 heavy (non-hydrogen) atoms. The fourth-order valence-electron chi connectivity index (χ4n) is 8.43. The Labute approximate surface area is 433 Å². The van der Waals surface area contributed by atoms with E-state index in [0.29, 0.717) is 0 Å². The maximum absolute atomic E-state index is 12.8. The average Bonchev–Trinajstić information content (AvgIpc) is 3.38. The first-order valence-corrected chi connectivity index (χ1v) is 24.8. The summed E-state index contributed by atoms with van der Waals surface area (Å²) in [6.45, 7) is 3.76. The van der Waals surface area contributed by atoms with Gasteiger partial charge in [-0.3, -0.25) is 9.59 Å². The van der Waals surface area contributed by atoms with E-state index in [1.807, 2.05) is 72.8 Å². The zero-order valence-corrected chi connectivity index (χ0v) is 42.0. The van der Waals surface area contributed by atoms with Crippen LogP contribution in [0.2, 0.25) is 20.1 Å². The number of aliphatic carboxylic acids is 1. The Morgan fingerprint density at radius 2 is 0.873 bits per heavy atom. The molecule has 0 aromatic heterocycles. The van der Waals surface area contributed by atoms with Gasteiger partial charge in [-0.05, 0) is 83.9 Å². The molecule has 2 saturated heterocycles. The molecule has 2 heterocycles. The zero-order valence-electron chi connectivity index (χ0n) is 38.9. The standard InChI is InChI=1S/C28H28Cl2N2O4.C27H26Cl2N2O4/c1-35-28(34)25(31-27(33)26-23(29)8-5-9-24(26)30)18-19-10-12-21(13-11-19)36-22-14-16-32(17-15-22)20-6-3-2-4-7-20;28-22-7-4-8-23(29)25(22)26(32)30-24(27(33)34)17-18-9-11-20(12-10-18)35-21-13-15-31(16-14-21)19-5-2-1-3-6-19/h2-13,22,25H,14-18H2,1H3,(H,31,33);1-12,21,24H,13-17H2,(H,30,32)(H,33,34)/t25-;24-/m00/s1. The predicted octanol–water partition coefficient (Wildman–Crippen LogP) is 11.0. The molecule has 2 aliphatic rings. The van der Waals surface area contributed by atoms with E-state index in [4.69, 9.17) is 60.6 Å². The summed E-state index contributed by atoms with van der Waals surface area (Å²) in [6, 6.07) is 43.1. The lowest BCUT2D eigenvalue weighted by molar-refractivity contribution is -0.143. The summed E-state index contributed by atoms with van der Waals surface area (Å²) in [7, 11) is 1.28. The first kappa shape index (κ1) is 52.4. The molecular weight excluding hydrogens is 986 g/mol. The number of esters is 1. The summed E-state index contributed by atoms with van der Waals surface area (Å²) in [4.78, 5) is 54.3. The molecule has 8 rings (SSSR count). The summed E-state index contributed by atoms with van der Waals surface area (Å²) in [5, 5.41) is 15.6. The summed E-state index contributed by atoms with van der Waals surface area (Å²) in [5.41, 5.74) is 4.26. The van der Waals surface area contributed by atoms with Crippen molar-refractivity contribution in [1.82, 2.24) is 10.6 Å². The number of nitrogens with zero attached hydrogens (tertiary/aromatic N) is 2. The second-order valence-corrected chi connectivity index (χ2v) is 18.7. The predicted molar refractivity (Wildman–Crippen MR) is 280 cm³/mol. The monoisotopic (exact) mass is 1040 g/mol. The molecule has 16 heteroatoms. The van der Waals surface area contributed by atoms with Gasteiger partial charge in [0.2, 0.25) is 0 Å². The summed E-state index contributed by atoms with van der Waals surface area (Å²) < 4.78 is 17.3. The van der Waals surface area contributed by atoms with Gasteiger partial charge in [0.05, 0.1) is 38.3 Å². The maximum Gasteiger partial charge on any atom is 0.328 e. The molecule has 2 aliphatic heterocycles. The number of piperidine rings is 2. The van der Waals surface area contributed by atoms with Crippen molar-refractivity contribution in [2.24, 2.45) is 0 Å². The van der Waals surface area contributed by atoms with Crippen LogP contribution in [0.3, 0.4) is 0 Å². The van der Waals surface area contributed by atoms with Crippen LogP contribution in [-0.2, 0) is 27.2 Å². The number of carboxylic acid groups (broad SMARTS) is 1. The van der Waals surface area contributed by atoms with Gasteiger partial charge in [-0.15, -0.1) is 0 Å². The minimum atomic E-state index is -1.15. The Kier molecular flexibility index (Phi) is 18.9. The number of benzene rings is 6. The molecule has 0 spiro atoms. The highest BCUT2D eigenvalue weighted by molar-refractivity contribution is 6.40. The van der Waals surface area contributed by atoms with Gasteiger partial charge in [-0.2, -0.15) is 0 Å². The first-order chi connectivity index (χ1) is 34.3. The molecule has 2 fully saturated rings. The van der Waals surface area contributed by atoms with E-state index in [0.717, 1.165) is 74.5 Å². The largest absolute Gasteiger partial charge is 0.490 e. The topological polar surface area (TPSA) is 147 Å². The van der Waals surface area contributed by atoms with Crippen LogP contribution in [-0.4, -0.2) is 86.4 Å². The third-order valence-electron chi connectivity index (χ3n) is 12.2. The summed E-state index contributed by atoms with van der Waals surface area (Å²) in [5.74, 6) is -1.36. The minimum Gasteiger partial charge on any atom is -0.490 e. The fraction of sp³-hybridized carbons (Fsp3) is 0.273. The van der Waals surface area contributed by atoms with Crippen molar-refractivity contribution in [3.63, 3.8) is 0 Å². The van der Waals surface area contributed by atoms with Crippen molar-refractivity contribution in [3.05, 3.63) is 188 Å². The molecule has 0 bridgehead atoms. The van der Waals surface area contributed by atoms with Crippen molar-refractivity contribution in [3.8, 4) is 11.5 Å². The molecule has 6 aromatic carbocycles. The van der Waals surface area contributed by atoms with E-state index in [9.17, 15) is 24.3 Å². The first-order valence-electron chi connectivity index (χ1n) is 23.3. The number of methoxy groups -OCH3 is 1. The van der Waals surface area contributed by atoms with Crippen molar-refractivity contribution < 1.29 is 38.5 Å². The van der Waals surface area contributed by atoms with Gasteiger partial charge in [-0.25, -0.2) is 9.59 Å². The number of para-hydroxylation sites is 2. The lowest BCUT2D eigenvalue weighted by atomic mass is 10.0. The lowest BCUT2D eigenvalue weighted by Crippen LogP contribution is -2.43. The molecule has 2 atom stereocenters. The second kappa shape index (κ2) is 25.6. The Morgan fingerprint density at radius 1 is 0.521 bits per heavy atom. The van der Waals surface area contributed by atoms with Gasteiger partial charge in [-0.1, -0.05) is 119 Å². The summed E-state index contributed by atoms with van der Waals surface area (Å²) in [6.07, 6.45) is 4.37. The number of anilines is 2. The molecule has 0 saturated carbocycles. The smallest absolute Gasteiger partial charge is 0.328 e. The van der Waals surface area contributed by atoms with Crippen LogP contribution in [0.4, 0.5) is 11.4 Å². The quantitative estimate of drug-likeness (QED) is 0.0801. The van der Waals surface area contributed by atoms with Crippen LogP contribution in [0.1, 0.15) is 57.5 Å².